The van der Waals surface area contributed by atoms with Gasteiger partial charge in [0.15, 0.2) is 0 Å². The molecule has 0 radical (unpaired) electrons. The Morgan fingerprint density at radius 1 is 1.19 bits per heavy atom. The first-order valence-corrected chi connectivity index (χ1v) is 5.82. The first-order chi connectivity index (χ1) is 7.90. The summed E-state index contributed by atoms with van der Waals surface area (Å²) in [6.07, 6.45) is 9.53. The second-order valence-electron chi connectivity index (χ2n) is 3.58. The molecule has 2 heterocycles. The van der Waals surface area contributed by atoms with Crippen molar-refractivity contribution in [2.75, 3.05) is 0 Å². The third-order valence-corrected chi connectivity index (χ3v) is 2.68. The summed E-state index contributed by atoms with van der Waals surface area (Å²) in [5, 5.41) is 7.76. The number of unbranched alkanes of at least 4 members (excludes halogenated alkanes) is 1. The van der Waals surface area contributed by atoms with Gasteiger partial charge in [0.2, 0.25) is 0 Å². The Labute approximate surface area is 99.1 Å². The fraction of sp³-hybridized carbons (Fsp3) is 0.500. The number of halogens is 1. The SMILES string of the molecule is ClCc1nncn1CCCCn1ccnc1. The zero-order chi connectivity index (χ0) is 11.2. The molecule has 2 aromatic rings. The predicted octanol–water partition coefficient (Wildman–Crippen LogP) is 1.69. The number of hydrogen-bond acceptors (Lipinski definition) is 3. The van der Waals surface area contributed by atoms with Gasteiger partial charge in [-0.15, -0.1) is 21.8 Å². The van der Waals surface area contributed by atoms with Gasteiger partial charge in [0.05, 0.1) is 12.2 Å². The molecule has 0 aliphatic heterocycles. The van der Waals surface area contributed by atoms with Gasteiger partial charge in [0.1, 0.15) is 12.2 Å². The Hall–Kier alpha value is -1.36. The maximum atomic E-state index is 5.73. The van der Waals surface area contributed by atoms with E-state index in [-0.39, 0.29) is 0 Å². The van der Waals surface area contributed by atoms with E-state index in [0.29, 0.717) is 5.88 Å². The van der Waals surface area contributed by atoms with Crippen LogP contribution in [0.4, 0.5) is 0 Å². The number of nitrogens with zero attached hydrogens (tertiary/aromatic N) is 5. The van der Waals surface area contributed by atoms with Crippen LogP contribution in [0, 0.1) is 0 Å². The summed E-state index contributed by atoms with van der Waals surface area (Å²) in [5.41, 5.74) is 0. The van der Waals surface area contributed by atoms with Crippen LogP contribution >= 0.6 is 11.6 Å². The van der Waals surface area contributed by atoms with Gasteiger partial charge in [0.25, 0.3) is 0 Å². The van der Waals surface area contributed by atoms with Gasteiger partial charge in [-0.3, -0.25) is 0 Å². The van der Waals surface area contributed by atoms with E-state index in [1.54, 1.807) is 12.5 Å². The van der Waals surface area contributed by atoms with E-state index in [1.807, 2.05) is 17.1 Å². The highest BCUT2D eigenvalue weighted by Crippen LogP contribution is 2.03. The van der Waals surface area contributed by atoms with E-state index >= 15 is 0 Å². The summed E-state index contributed by atoms with van der Waals surface area (Å²) in [4.78, 5) is 4.00. The molecule has 0 amide bonds. The Kier molecular flexibility index (Phi) is 3.93. The maximum Gasteiger partial charge on any atom is 0.147 e. The van der Waals surface area contributed by atoms with Crippen LogP contribution in [0.3, 0.4) is 0 Å². The molecular weight excluding hydrogens is 226 g/mol. The van der Waals surface area contributed by atoms with Crippen LogP contribution in [0.1, 0.15) is 18.7 Å². The van der Waals surface area contributed by atoms with Crippen molar-refractivity contribution in [2.24, 2.45) is 0 Å². The number of hydrogen-bond donors (Lipinski definition) is 0. The standard InChI is InChI=1S/C10H14ClN5/c11-7-10-14-13-9-16(10)5-2-1-4-15-6-3-12-8-15/h3,6,8-9H,1-2,4-5,7H2. The van der Waals surface area contributed by atoms with Gasteiger partial charge in [-0.05, 0) is 12.8 Å². The zero-order valence-electron chi connectivity index (χ0n) is 8.96. The molecule has 2 rings (SSSR count). The molecule has 0 aliphatic rings. The van der Waals surface area contributed by atoms with Crippen LogP contribution in [0.15, 0.2) is 25.0 Å². The number of imidazole rings is 1. The molecule has 0 unspecified atom stereocenters. The summed E-state index contributed by atoms with van der Waals surface area (Å²) < 4.78 is 4.08. The van der Waals surface area contributed by atoms with Crippen molar-refractivity contribution in [3.8, 4) is 0 Å². The molecule has 0 saturated heterocycles. The van der Waals surface area contributed by atoms with Gasteiger partial charge in [-0.2, -0.15) is 0 Å². The smallest absolute Gasteiger partial charge is 0.147 e. The maximum absolute atomic E-state index is 5.73. The molecule has 6 heteroatoms. The van der Waals surface area contributed by atoms with Crippen LogP contribution in [-0.4, -0.2) is 24.3 Å². The van der Waals surface area contributed by atoms with E-state index < -0.39 is 0 Å². The van der Waals surface area contributed by atoms with Crippen LogP contribution in [0.25, 0.3) is 0 Å². The van der Waals surface area contributed by atoms with Gasteiger partial charge >= 0.3 is 0 Å². The highest BCUT2D eigenvalue weighted by Gasteiger charge is 2.01. The Morgan fingerprint density at radius 2 is 2.06 bits per heavy atom. The molecular formula is C10H14ClN5. The zero-order valence-corrected chi connectivity index (χ0v) is 9.71. The molecule has 0 spiro atoms. The minimum atomic E-state index is 0.418. The highest BCUT2D eigenvalue weighted by atomic mass is 35.5. The van der Waals surface area contributed by atoms with E-state index in [2.05, 4.69) is 19.7 Å². The van der Waals surface area contributed by atoms with E-state index in [9.17, 15) is 0 Å². The average Bonchev–Trinajstić information content (AvgIpc) is 2.95. The predicted molar refractivity (Wildman–Crippen MR) is 61.0 cm³/mol. The Balaban J connectivity index is 1.72. The third-order valence-electron chi connectivity index (χ3n) is 2.44. The molecule has 0 atom stereocenters. The van der Waals surface area contributed by atoms with E-state index in [0.717, 1.165) is 31.8 Å². The first-order valence-electron chi connectivity index (χ1n) is 5.28. The van der Waals surface area contributed by atoms with Crippen LogP contribution in [0.2, 0.25) is 0 Å². The highest BCUT2D eigenvalue weighted by molar-refractivity contribution is 6.16. The lowest BCUT2D eigenvalue weighted by Crippen LogP contribution is -2.03. The van der Waals surface area contributed by atoms with Gasteiger partial charge in [0, 0.05) is 25.5 Å². The second kappa shape index (κ2) is 5.65. The molecule has 0 aromatic carbocycles. The lowest BCUT2D eigenvalue weighted by Gasteiger charge is -2.05. The average molecular weight is 240 g/mol. The quantitative estimate of drug-likeness (QED) is 0.569. The lowest BCUT2D eigenvalue weighted by atomic mass is 10.3. The molecule has 2 aromatic heterocycles. The molecule has 0 fully saturated rings. The number of aromatic nitrogens is 5. The number of aryl methyl sites for hydroxylation is 2. The van der Waals surface area contributed by atoms with Crippen molar-refractivity contribution in [1.29, 1.82) is 0 Å². The van der Waals surface area contributed by atoms with E-state index in [1.165, 1.54) is 0 Å². The Morgan fingerprint density at radius 3 is 2.81 bits per heavy atom. The largest absolute Gasteiger partial charge is 0.337 e. The van der Waals surface area contributed by atoms with Gasteiger partial charge < -0.3 is 9.13 Å². The van der Waals surface area contributed by atoms with Crippen molar-refractivity contribution in [1.82, 2.24) is 24.3 Å². The molecule has 16 heavy (non-hydrogen) atoms. The minimum absolute atomic E-state index is 0.418. The van der Waals surface area contributed by atoms with Crippen LogP contribution < -0.4 is 0 Å². The number of rotatable bonds is 6. The summed E-state index contributed by atoms with van der Waals surface area (Å²) in [6.45, 7) is 1.92. The lowest BCUT2D eigenvalue weighted by molar-refractivity contribution is 0.544. The van der Waals surface area contributed by atoms with Crippen molar-refractivity contribution in [3.05, 3.63) is 30.9 Å². The second-order valence-corrected chi connectivity index (χ2v) is 3.85. The summed E-state index contributed by atoms with van der Waals surface area (Å²) in [6, 6.07) is 0. The number of alkyl halides is 1. The fourth-order valence-electron chi connectivity index (χ4n) is 1.56. The van der Waals surface area contributed by atoms with Crippen molar-refractivity contribution >= 4 is 11.6 Å². The molecule has 0 aliphatic carbocycles. The van der Waals surface area contributed by atoms with E-state index in [4.69, 9.17) is 11.6 Å². The van der Waals surface area contributed by atoms with Crippen LogP contribution in [-0.2, 0) is 19.0 Å². The molecule has 5 nitrogen and oxygen atoms in total. The summed E-state index contributed by atoms with van der Waals surface area (Å²) in [7, 11) is 0. The normalized spacial score (nSPS) is 10.8. The van der Waals surface area contributed by atoms with Crippen molar-refractivity contribution < 1.29 is 0 Å². The van der Waals surface area contributed by atoms with Crippen molar-refractivity contribution in [2.45, 2.75) is 31.8 Å². The first kappa shape index (κ1) is 11.1. The summed E-state index contributed by atoms with van der Waals surface area (Å²) in [5.74, 6) is 1.26. The van der Waals surface area contributed by atoms with Gasteiger partial charge in [-0.25, -0.2) is 4.98 Å². The molecule has 0 saturated carbocycles. The van der Waals surface area contributed by atoms with Gasteiger partial charge in [-0.1, -0.05) is 0 Å². The topological polar surface area (TPSA) is 48.5 Å². The van der Waals surface area contributed by atoms with Crippen LogP contribution in [0.5, 0.6) is 0 Å². The Bertz CT molecular complexity index is 409. The molecule has 0 N–H and O–H groups in total. The fourth-order valence-corrected chi connectivity index (χ4v) is 1.77. The minimum Gasteiger partial charge on any atom is -0.337 e. The van der Waals surface area contributed by atoms with Crippen molar-refractivity contribution in [3.63, 3.8) is 0 Å². The monoisotopic (exact) mass is 239 g/mol. The summed E-state index contributed by atoms with van der Waals surface area (Å²) >= 11 is 5.73. The molecule has 86 valence electrons. The third kappa shape index (κ3) is 2.82. The molecule has 0 bridgehead atoms.